The Balaban J connectivity index is 1.79. The Bertz CT molecular complexity index is 996. The second kappa shape index (κ2) is 8.34. The van der Waals surface area contributed by atoms with Crippen molar-refractivity contribution in [2.45, 2.75) is 25.2 Å². The standard InChI is InChI=1S/C19H24F3N6OP/c1-12-6-13(30(2,3)29)10-28(9-12)18-7-14(25-11-26-18)15-8-24-17(27-15)5-4-16(23)19(20,21)22/h4-5,7-8,11-13,23H,6,9-10H2,1-3H3,(H,24,27)/b5-4-,23-16?. The molecule has 1 saturated heterocycles. The second-order valence-electron chi connectivity index (χ2n) is 8.02. The third kappa shape index (κ3) is 5.36. The molecule has 7 nitrogen and oxygen atoms in total. The molecule has 0 aromatic carbocycles. The predicted octanol–water partition coefficient (Wildman–Crippen LogP) is 4.30. The zero-order valence-electron chi connectivity index (χ0n) is 16.9. The molecule has 162 valence electrons. The average molecular weight is 440 g/mol. The Kier molecular flexibility index (Phi) is 6.17. The molecule has 2 aromatic rings. The number of hydrogen-bond donors (Lipinski definition) is 2. The number of anilines is 1. The summed E-state index contributed by atoms with van der Waals surface area (Å²) < 4.78 is 49.9. The molecule has 0 amide bonds. The summed E-state index contributed by atoms with van der Waals surface area (Å²) in [5, 5.41) is 6.98. The average Bonchev–Trinajstić information content (AvgIpc) is 3.13. The fraction of sp³-hybridized carbons (Fsp3) is 0.474. The van der Waals surface area contributed by atoms with Gasteiger partial charge in [0.05, 0.1) is 24.7 Å². The first-order chi connectivity index (χ1) is 13.9. The summed E-state index contributed by atoms with van der Waals surface area (Å²) in [4.78, 5) is 17.6. The first kappa shape index (κ1) is 22.2. The number of alkyl halides is 3. The topological polar surface area (TPSA) is 98.6 Å². The Labute approximate surface area is 172 Å². The van der Waals surface area contributed by atoms with E-state index in [4.69, 9.17) is 5.41 Å². The number of piperidine rings is 1. The number of H-pyrrole nitrogens is 1. The molecule has 1 fully saturated rings. The van der Waals surface area contributed by atoms with Crippen molar-refractivity contribution in [2.24, 2.45) is 5.92 Å². The minimum absolute atomic E-state index is 0.104. The van der Waals surface area contributed by atoms with Crippen molar-refractivity contribution in [1.82, 2.24) is 19.9 Å². The molecule has 0 aliphatic carbocycles. The first-order valence-electron chi connectivity index (χ1n) is 9.44. The lowest BCUT2D eigenvalue weighted by molar-refractivity contribution is -0.0583. The highest BCUT2D eigenvalue weighted by molar-refractivity contribution is 7.63. The van der Waals surface area contributed by atoms with E-state index in [9.17, 15) is 17.7 Å². The maximum Gasteiger partial charge on any atom is 0.432 e. The van der Waals surface area contributed by atoms with Gasteiger partial charge in [0.2, 0.25) is 0 Å². The number of allylic oxidation sites excluding steroid dienone is 1. The molecular formula is C19H24F3N6OP. The minimum atomic E-state index is -4.70. The lowest BCUT2D eigenvalue weighted by Gasteiger charge is -2.38. The number of nitrogens with one attached hydrogen (secondary N) is 2. The lowest BCUT2D eigenvalue weighted by Crippen LogP contribution is -2.42. The highest BCUT2D eigenvalue weighted by atomic mass is 31.2. The van der Waals surface area contributed by atoms with E-state index < -0.39 is 19.0 Å². The van der Waals surface area contributed by atoms with Crippen LogP contribution in [0.5, 0.6) is 0 Å². The largest absolute Gasteiger partial charge is 0.432 e. The van der Waals surface area contributed by atoms with Crippen molar-refractivity contribution in [3.05, 3.63) is 30.5 Å². The van der Waals surface area contributed by atoms with E-state index in [1.54, 1.807) is 6.07 Å². The SMILES string of the molecule is CC1CC(P(C)(C)=O)CN(c2cc(-c3cnc(/C=C\C(=N)C(F)(F)F)[nH]3)ncn2)C1. The quantitative estimate of drug-likeness (QED) is 0.534. The Morgan fingerprint density at radius 3 is 2.70 bits per heavy atom. The molecule has 3 rings (SSSR count). The monoisotopic (exact) mass is 440 g/mol. The van der Waals surface area contributed by atoms with E-state index >= 15 is 0 Å². The normalized spacial score (nSPS) is 20.7. The van der Waals surface area contributed by atoms with Crippen LogP contribution in [0, 0.1) is 11.3 Å². The third-order valence-electron chi connectivity index (χ3n) is 5.08. The molecule has 0 saturated carbocycles. The van der Waals surface area contributed by atoms with Crippen LogP contribution in [0.4, 0.5) is 19.0 Å². The van der Waals surface area contributed by atoms with E-state index in [2.05, 4.69) is 31.8 Å². The van der Waals surface area contributed by atoms with Gasteiger partial charge in [0.15, 0.2) is 0 Å². The van der Waals surface area contributed by atoms with Gasteiger partial charge >= 0.3 is 6.18 Å². The molecule has 3 heterocycles. The van der Waals surface area contributed by atoms with E-state index in [0.717, 1.165) is 19.0 Å². The molecule has 2 atom stereocenters. The summed E-state index contributed by atoms with van der Waals surface area (Å²) in [6.07, 6.45) is 0.859. The summed E-state index contributed by atoms with van der Waals surface area (Å²) in [6.45, 7) is 7.21. The number of hydrogen-bond acceptors (Lipinski definition) is 6. The molecule has 2 unspecified atom stereocenters. The van der Waals surface area contributed by atoms with Crippen LogP contribution in [0.25, 0.3) is 17.5 Å². The highest BCUT2D eigenvalue weighted by Gasteiger charge is 2.33. The number of aromatic amines is 1. The summed E-state index contributed by atoms with van der Waals surface area (Å²) in [7, 11) is -2.24. The Morgan fingerprint density at radius 2 is 2.03 bits per heavy atom. The van der Waals surface area contributed by atoms with Crippen LogP contribution in [0.1, 0.15) is 19.2 Å². The summed E-state index contributed by atoms with van der Waals surface area (Å²) in [5.74, 6) is 1.27. The van der Waals surface area contributed by atoms with E-state index in [1.165, 1.54) is 12.5 Å². The van der Waals surface area contributed by atoms with Gasteiger partial charge in [-0.25, -0.2) is 15.0 Å². The zero-order chi connectivity index (χ0) is 22.1. The van der Waals surface area contributed by atoms with Gasteiger partial charge in [-0.1, -0.05) is 6.92 Å². The predicted molar refractivity (Wildman–Crippen MR) is 112 cm³/mol. The lowest BCUT2D eigenvalue weighted by atomic mass is 10.00. The summed E-state index contributed by atoms with van der Waals surface area (Å²) >= 11 is 0. The molecule has 2 aromatic heterocycles. The van der Waals surface area contributed by atoms with E-state index in [-0.39, 0.29) is 11.5 Å². The van der Waals surface area contributed by atoms with Crippen molar-refractivity contribution in [2.75, 3.05) is 31.3 Å². The fourth-order valence-electron chi connectivity index (χ4n) is 3.43. The van der Waals surface area contributed by atoms with Crippen molar-refractivity contribution >= 4 is 24.7 Å². The van der Waals surface area contributed by atoms with Gasteiger partial charge in [0.25, 0.3) is 0 Å². The van der Waals surface area contributed by atoms with E-state index in [0.29, 0.717) is 35.7 Å². The first-order valence-corrected chi connectivity index (χ1v) is 12.1. The molecule has 2 N–H and O–H groups in total. The number of rotatable bonds is 5. The summed E-state index contributed by atoms with van der Waals surface area (Å²) in [5.41, 5.74) is -0.283. The van der Waals surface area contributed by atoms with Gasteiger partial charge in [-0.2, -0.15) is 13.2 Å². The number of nitrogens with zero attached hydrogens (tertiary/aromatic N) is 4. The maximum absolute atomic E-state index is 12.6. The van der Waals surface area contributed by atoms with Crippen molar-refractivity contribution in [3.8, 4) is 11.4 Å². The molecule has 0 spiro atoms. The smallest absolute Gasteiger partial charge is 0.355 e. The maximum atomic E-state index is 12.6. The molecule has 0 radical (unpaired) electrons. The van der Waals surface area contributed by atoms with Gasteiger partial charge in [-0.15, -0.1) is 0 Å². The number of aromatic nitrogens is 4. The molecule has 11 heteroatoms. The molecular weight excluding hydrogens is 416 g/mol. The molecule has 1 aliphatic rings. The number of imidazole rings is 1. The van der Waals surface area contributed by atoms with E-state index in [1.807, 2.05) is 13.3 Å². The Morgan fingerprint density at radius 1 is 1.30 bits per heavy atom. The molecule has 0 bridgehead atoms. The van der Waals surface area contributed by atoms with Gasteiger partial charge in [0.1, 0.15) is 23.7 Å². The van der Waals surface area contributed by atoms with Crippen LogP contribution in [0.2, 0.25) is 0 Å². The van der Waals surface area contributed by atoms with Crippen LogP contribution in [-0.4, -0.2) is 63.9 Å². The zero-order valence-corrected chi connectivity index (χ0v) is 17.8. The fourth-order valence-corrected chi connectivity index (χ4v) is 4.89. The van der Waals surface area contributed by atoms with Gasteiger partial charge in [-0.05, 0) is 37.8 Å². The van der Waals surface area contributed by atoms with Crippen molar-refractivity contribution in [1.29, 1.82) is 5.41 Å². The second-order valence-corrected chi connectivity index (χ2v) is 11.6. The minimum Gasteiger partial charge on any atom is -0.355 e. The highest BCUT2D eigenvalue weighted by Crippen LogP contribution is 2.47. The molecule has 1 aliphatic heterocycles. The molecule has 30 heavy (non-hydrogen) atoms. The van der Waals surface area contributed by atoms with Gasteiger partial charge in [-0.3, -0.25) is 5.41 Å². The number of halogens is 3. The van der Waals surface area contributed by atoms with Crippen LogP contribution in [-0.2, 0) is 4.57 Å². The Hall–Kier alpha value is -2.48. The van der Waals surface area contributed by atoms with Crippen LogP contribution < -0.4 is 4.90 Å². The summed E-state index contributed by atoms with van der Waals surface area (Å²) in [6, 6.07) is 1.78. The van der Waals surface area contributed by atoms with Crippen LogP contribution in [0.15, 0.2) is 24.7 Å². The van der Waals surface area contributed by atoms with Crippen molar-refractivity contribution < 1.29 is 17.7 Å². The van der Waals surface area contributed by atoms with Crippen LogP contribution in [0.3, 0.4) is 0 Å². The third-order valence-corrected chi connectivity index (χ3v) is 7.21. The van der Waals surface area contributed by atoms with Gasteiger partial charge in [0, 0.05) is 24.8 Å². The van der Waals surface area contributed by atoms with Crippen molar-refractivity contribution in [3.63, 3.8) is 0 Å². The van der Waals surface area contributed by atoms with Crippen LogP contribution >= 0.6 is 7.14 Å². The van der Waals surface area contributed by atoms with Gasteiger partial charge < -0.3 is 14.4 Å².